The van der Waals surface area contributed by atoms with Crippen molar-refractivity contribution in [1.82, 2.24) is 0 Å². The first kappa shape index (κ1) is 18.8. The summed E-state index contributed by atoms with van der Waals surface area (Å²) in [6.07, 6.45) is 0. The zero-order valence-electron chi connectivity index (χ0n) is 13.2. The topological polar surface area (TPSA) is 87.9 Å². The zero-order chi connectivity index (χ0) is 18.6. The highest BCUT2D eigenvalue weighted by Gasteiger charge is 2.27. The molecule has 0 aromatic heterocycles. The molecule has 0 fully saturated rings. The molecule has 2 rings (SSSR count). The third-order valence-corrected chi connectivity index (χ3v) is 3.92. The fourth-order valence-corrected chi connectivity index (χ4v) is 2.34. The van der Waals surface area contributed by atoms with Crippen LogP contribution in [0.4, 0.5) is 5.69 Å². The number of hydrogen-bond donors (Lipinski definition) is 0. The molecule has 0 radical (unpaired) electrons. The molecule has 0 saturated heterocycles. The number of ether oxygens (including phenoxy) is 3. The molecule has 0 atom stereocenters. The highest BCUT2D eigenvalue weighted by molar-refractivity contribution is 6.43. The van der Waals surface area contributed by atoms with Gasteiger partial charge in [0.15, 0.2) is 17.2 Å². The third kappa shape index (κ3) is 4.12. The molecule has 0 spiro atoms. The first-order valence-corrected chi connectivity index (χ1v) is 7.80. The van der Waals surface area contributed by atoms with E-state index >= 15 is 0 Å². The second-order valence-electron chi connectivity index (χ2n) is 4.65. The maximum absolute atomic E-state index is 12.4. The lowest BCUT2D eigenvalue weighted by molar-refractivity contribution is -0.385. The van der Waals surface area contributed by atoms with Gasteiger partial charge in [-0.3, -0.25) is 10.1 Å². The Morgan fingerprint density at radius 2 is 1.92 bits per heavy atom. The maximum Gasteiger partial charge on any atom is 0.350 e. The summed E-state index contributed by atoms with van der Waals surface area (Å²) in [5, 5.41) is 11.5. The molecule has 25 heavy (non-hydrogen) atoms. The van der Waals surface area contributed by atoms with Crippen molar-refractivity contribution in [3.63, 3.8) is 0 Å². The fraction of sp³-hybridized carbons (Fsp3) is 0.188. The molecule has 0 aliphatic carbocycles. The molecule has 0 amide bonds. The van der Waals surface area contributed by atoms with Gasteiger partial charge in [0.25, 0.3) is 5.69 Å². The van der Waals surface area contributed by atoms with Crippen molar-refractivity contribution in [3.05, 3.63) is 56.1 Å². The second kappa shape index (κ2) is 8.04. The number of nitro benzene ring substituents is 1. The number of hydrogen-bond acceptors (Lipinski definition) is 6. The van der Waals surface area contributed by atoms with Gasteiger partial charge < -0.3 is 14.2 Å². The highest BCUT2D eigenvalue weighted by atomic mass is 35.5. The second-order valence-corrected chi connectivity index (χ2v) is 5.44. The minimum atomic E-state index is -0.973. The molecular weight excluding hydrogens is 373 g/mol. The lowest BCUT2D eigenvalue weighted by Crippen LogP contribution is -2.12. The quantitative estimate of drug-likeness (QED) is 0.314. The van der Waals surface area contributed by atoms with E-state index < -0.39 is 16.6 Å². The van der Waals surface area contributed by atoms with E-state index in [1.54, 1.807) is 6.92 Å². The predicted molar refractivity (Wildman–Crippen MR) is 92.2 cm³/mol. The molecule has 0 aliphatic rings. The Hall–Kier alpha value is -2.51. The Labute approximate surface area is 153 Å². The van der Waals surface area contributed by atoms with Crippen LogP contribution < -0.4 is 14.2 Å². The van der Waals surface area contributed by atoms with Crippen molar-refractivity contribution in [2.45, 2.75) is 6.92 Å². The van der Waals surface area contributed by atoms with Crippen LogP contribution in [0, 0.1) is 10.1 Å². The van der Waals surface area contributed by atoms with Gasteiger partial charge in [0.05, 0.1) is 29.7 Å². The van der Waals surface area contributed by atoms with Gasteiger partial charge in [-0.15, -0.1) is 0 Å². The van der Waals surface area contributed by atoms with E-state index in [9.17, 15) is 14.9 Å². The van der Waals surface area contributed by atoms with Crippen molar-refractivity contribution in [1.29, 1.82) is 0 Å². The molecule has 0 heterocycles. The molecule has 0 bridgehead atoms. The summed E-state index contributed by atoms with van der Waals surface area (Å²) in [5.41, 5.74) is -0.784. The molecule has 0 saturated carbocycles. The van der Waals surface area contributed by atoms with Gasteiger partial charge >= 0.3 is 5.97 Å². The van der Waals surface area contributed by atoms with Gasteiger partial charge in [0, 0.05) is 6.07 Å². The number of nitrogens with zero attached hydrogens (tertiary/aromatic N) is 1. The zero-order valence-corrected chi connectivity index (χ0v) is 14.8. The molecule has 2 aromatic carbocycles. The minimum absolute atomic E-state index is 0.0118. The average Bonchev–Trinajstić information content (AvgIpc) is 2.58. The van der Waals surface area contributed by atoms with Crippen molar-refractivity contribution in [2.24, 2.45) is 0 Å². The van der Waals surface area contributed by atoms with Crippen LogP contribution in [0.2, 0.25) is 10.0 Å². The summed E-state index contributed by atoms with van der Waals surface area (Å²) < 4.78 is 15.6. The van der Waals surface area contributed by atoms with E-state index in [1.807, 2.05) is 0 Å². The minimum Gasteiger partial charge on any atom is -0.493 e. The molecular formula is C16H13Cl2NO6. The smallest absolute Gasteiger partial charge is 0.350 e. The van der Waals surface area contributed by atoms with E-state index in [1.165, 1.54) is 31.4 Å². The Morgan fingerprint density at radius 1 is 1.20 bits per heavy atom. The number of methoxy groups -OCH3 is 1. The van der Waals surface area contributed by atoms with Crippen LogP contribution in [0.3, 0.4) is 0 Å². The first-order chi connectivity index (χ1) is 11.9. The van der Waals surface area contributed by atoms with Crippen LogP contribution in [0.25, 0.3) is 0 Å². The maximum atomic E-state index is 12.4. The van der Waals surface area contributed by atoms with Gasteiger partial charge in [-0.25, -0.2) is 4.79 Å². The van der Waals surface area contributed by atoms with Crippen LogP contribution >= 0.6 is 23.2 Å². The Kier molecular flexibility index (Phi) is 6.06. The standard InChI is InChI=1S/C16H13Cl2NO6/c1-3-24-14-7-9(11(19(21)22)8-13(14)23-2)16(20)25-12-6-4-5-10(17)15(12)18/h4-8H,3H2,1-2H3. The van der Waals surface area contributed by atoms with Gasteiger partial charge in [0.2, 0.25) is 0 Å². The van der Waals surface area contributed by atoms with Gasteiger partial charge in [-0.2, -0.15) is 0 Å². The van der Waals surface area contributed by atoms with E-state index in [0.717, 1.165) is 6.07 Å². The molecule has 132 valence electrons. The van der Waals surface area contributed by atoms with Gasteiger partial charge in [0.1, 0.15) is 10.6 Å². The lowest BCUT2D eigenvalue weighted by Gasteiger charge is -2.12. The van der Waals surface area contributed by atoms with Crippen LogP contribution in [0.5, 0.6) is 17.2 Å². The van der Waals surface area contributed by atoms with E-state index in [4.69, 9.17) is 37.4 Å². The number of carbonyl (C=O) groups is 1. The first-order valence-electron chi connectivity index (χ1n) is 7.04. The van der Waals surface area contributed by atoms with Crippen molar-refractivity contribution in [2.75, 3.05) is 13.7 Å². The van der Waals surface area contributed by atoms with Crippen LogP contribution in [-0.4, -0.2) is 24.6 Å². The van der Waals surface area contributed by atoms with Gasteiger partial charge in [-0.05, 0) is 19.1 Å². The fourth-order valence-electron chi connectivity index (χ4n) is 2.01. The number of nitro groups is 1. The SMILES string of the molecule is CCOc1cc(C(=O)Oc2cccc(Cl)c2Cl)c([N+](=O)[O-])cc1OC. The lowest BCUT2D eigenvalue weighted by atomic mass is 10.1. The van der Waals surface area contributed by atoms with Crippen molar-refractivity contribution >= 4 is 34.9 Å². The number of benzene rings is 2. The molecule has 0 unspecified atom stereocenters. The number of halogens is 2. The van der Waals surface area contributed by atoms with E-state index in [2.05, 4.69) is 0 Å². The monoisotopic (exact) mass is 385 g/mol. The Morgan fingerprint density at radius 3 is 2.52 bits per heavy atom. The summed E-state index contributed by atoms with van der Waals surface area (Å²) in [6, 6.07) is 6.77. The highest BCUT2D eigenvalue weighted by Crippen LogP contribution is 2.36. The molecule has 9 heteroatoms. The van der Waals surface area contributed by atoms with E-state index in [-0.39, 0.29) is 39.5 Å². The Bertz CT molecular complexity index is 825. The van der Waals surface area contributed by atoms with Crippen LogP contribution in [-0.2, 0) is 0 Å². The number of rotatable bonds is 6. The normalized spacial score (nSPS) is 10.2. The van der Waals surface area contributed by atoms with Gasteiger partial charge in [-0.1, -0.05) is 29.3 Å². The summed E-state index contributed by atoms with van der Waals surface area (Å²) in [4.78, 5) is 23.0. The van der Waals surface area contributed by atoms with Crippen LogP contribution in [0.1, 0.15) is 17.3 Å². The van der Waals surface area contributed by atoms with Crippen molar-refractivity contribution in [3.8, 4) is 17.2 Å². The molecule has 0 N–H and O–H groups in total. The number of carbonyl (C=O) groups excluding carboxylic acids is 1. The van der Waals surface area contributed by atoms with Crippen LogP contribution in [0.15, 0.2) is 30.3 Å². The van der Waals surface area contributed by atoms with Crippen molar-refractivity contribution < 1.29 is 23.9 Å². The molecule has 0 aliphatic heterocycles. The Balaban J connectivity index is 2.48. The predicted octanol–water partition coefficient (Wildman–Crippen LogP) is 4.53. The summed E-state index contributed by atoms with van der Waals surface area (Å²) in [5.74, 6) is -0.674. The summed E-state index contributed by atoms with van der Waals surface area (Å²) in [6.45, 7) is 2.01. The summed E-state index contributed by atoms with van der Waals surface area (Å²) in [7, 11) is 1.34. The molecule has 2 aromatic rings. The number of esters is 1. The third-order valence-electron chi connectivity index (χ3n) is 3.12. The van der Waals surface area contributed by atoms with E-state index in [0.29, 0.717) is 0 Å². The largest absolute Gasteiger partial charge is 0.493 e. The summed E-state index contributed by atoms with van der Waals surface area (Å²) >= 11 is 11.8. The molecule has 7 nitrogen and oxygen atoms in total. The average molecular weight is 386 g/mol.